The van der Waals surface area contributed by atoms with E-state index in [4.69, 9.17) is 4.74 Å². The van der Waals surface area contributed by atoms with Gasteiger partial charge in [-0.05, 0) is 12.8 Å². The second-order valence-corrected chi connectivity index (χ2v) is 7.97. The largest absolute Gasteiger partial charge is 0.360 e. The van der Waals surface area contributed by atoms with E-state index in [-0.39, 0.29) is 17.9 Å². The monoisotopic (exact) mass is 362 g/mol. The highest BCUT2D eigenvalue weighted by Crippen LogP contribution is 2.51. The highest BCUT2D eigenvalue weighted by Gasteiger charge is 2.66. The number of nitrogens with zero attached hydrogens (tertiary/aromatic N) is 3. The lowest BCUT2D eigenvalue weighted by Crippen LogP contribution is -2.44. The van der Waals surface area contributed by atoms with Gasteiger partial charge >= 0.3 is 0 Å². The Balaban J connectivity index is 1.47. The number of carbonyl (C=O) groups excluding carboxylic acids is 2. The van der Waals surface area contributed by atoms with Crippen LogP contribution in [0.15, 0.2) is 12.2 Å². The molecule has 1 aromatic rings. The number of hydrogen-bond acceptors (Lipinski definition) is 6. The van der Waals surface area contributed by atoms with Gasteiger partial charge in [-0.15, -0.1) is 10.2 Å². The third-order valence-corrected chi connectivity index (χ3v) is 6.27. The highest BCUT2D eigenvalue weighted by atomic mass is 32.1. The van der Waals surface area contributed by atoms with Gasteiger partial charge in [0.1, 0.15) is 15.6 Å². The molecule has 1 N–H and O–H groups in total. The summed E-state index contributed by atoms with van der Waals surface area (Å²) in [7, 11) is 0. The van der Waals surface area contributed by atoms with Crippen LogP contribution < -0.4 is 5.32 Å². The summed E-state index contributed by atoms with van der Waals surface area (Å²) in [5.74, 6) is -0.966. The zero-order valence-electron chi connectivity index (χ0n) is 14.4. The first-order chi connectivity index (χ1) is 12.1. The molecule has 25 heavy (non-hydrogen) atoms. The molecular formula is C17H22N4O3S. The number of fused-ring (bicyclic) bond motifs is 1. The van der Waals surface area contributed by atoms with Gasteiger partial charge in [0.25, 0.3) is 0 Å². The molecule has 4 rings (SSSR count). The summed E-state index contributed by atoms with van der Waals surface area (Å²) in [6.07, 6.45) is 5.34. The van der Waals surface area contributed by atoms with Crippen molar-refractivity contribution in [2.24, 2.45) is 11.8 Å². The van der Waals surface area contributed by atoms with E-state index >= 15 is 0 Å². The Morgan fingerprint density at radius 1 is 1.44 bits per heavy atom. The molecule has 2 amide bonds. The molecule has 2 saturated heterocycles. The molecule has 4 atom stereocenters. The Labute approximate surface area is 150 Å². The normalized spacial score (nSPS) is 32.5. The van der Waals surface area contributed by atoms with E-state index in [1.165, 1.54) is 11.3 Å². The molecule has 0 radical (unpaired) electrons. The molecule has 3 aliphatic heterocycles. The third kappa shape index (κ3) is 2.58. The van der Waals surface area contributed by atoms with Crippen LogP contribution in [0, 0.1) is 11.8 Å². The van der Waals surface area contributed by atoms with Crippen molar-refractivity contribution >= 4 is 23.2 Å². The third-order valence-electron chi connectivity index (χ3n) is 5.20. The van der Waals surface area contributed by atoms with Crippen LogP contribution in [0.1, 0.15) is 30.3 Å². The van der Waals surface area contributed by atoms with Gasteiger partial charge in [-0.25, -0.2) is 0 Å². The Bertz CT molecular complexity index is 733. The molecule has 3 aliphatic rings. The first-order valence-electron chi connectivity index (χ1n) is 8.83. The number of likely N-dealkylation sites (tertiary alicyclic amines) is 1. The number of aryl methyl sites for hydroxylation is 1. The lowest BCUT2D eigenvalue weighted by molar-refractivity contribution is -0.137. The lowest BCUT2D eigenvalue weighted by Gasteiger charge is -2.23. The number of carbonyl (C=O) groups is 2. The van der Waals surface area contributed by atoms with Crippen LogP contribution in [0.2, 0.25) is 0 Å². The smallest absolute Gasteiger partial charge is 0.230 e. The zero-order valence-corrected chi connectivity index (χ0v) is 15.2. The van der Waals surface area contributed by atoms with Crippen LogP contribution in [0.25, 0.3) is 0 Å². The van der Waals surface area contributed by atoms with E-state index in [2.05, 4.69) is 15.5 Å². The quantitative estimate of drug-likeness (QED) is 0.761. The van der Waals surface area contributed by atoms with Crippen LogP contribution in [0.5, 0.6) is 0 Å². The summed E-state index contributed by atoms with van der Waals surface area (Å²) in [5, 5.41) is 12.8. The number of aromatic nitrogens is 2. The molecule has 4 unspecified atom stereocenters. The number of amides is 2. The Morgan fingerprint density at radius 3 is 2.96 bits per heavy atom. The van der Waals surface area contributed by atoms with Crippen LogP contribution >= 0.6 is 11.3 Å². The second kappa shape index (κ2) is 6.17. The molecule has 0 aromatic carbocycles. The molecule has 8 heteroatoms. The van der Waals surface area contributed by atoms with E-state index in [9.17, 15) is 9.59 Å². The molecule has 2 bridgehead atoms. The molecule has 1 spiro atoms. The number of ether oxygens (including phenoxy) is 1. The van der Waals surface area contributed by atoms with Crippen molar-refractivity contribution in [3.8, 4) is 0 Å². The molecular weight excluding hydrogens is 340 g/mol. The van der Waals surface area contributed by atoms with Crippen LogP contribution in [0.3, 0.4) is 0 Å². The molecule has 0 aliphatic carbocycles. The van der Waals surface area contributed by atoms with E-state index < -0.39 is 17.4 Å². The average Bonchev–Trinajstić information content (AvgIpc) is 3.34. The van der Waals surface area contributed by atoms with Gasteiger partial charge in [-0.3, -0.25) is 9.59 Å². The maximum Gasteiger partial charge on any atom is 0.230 e. The van der Waals surface area contributed by atoms with Crippen LogP contribution in [-0.2, 0) is 27.3 Å². The molecule has 4 heterocycles. The van der Waals surface area contributed by atoms with Gasteiger partial charge < -0.3 is 15.0 Å². The Morgan fingerprint density at radius 2 is 2.24 bits per heavy atom. The SMILES string of the molecule is CCCN1CC23C=CC(O2)C(C(=O)NCc2nnc(CC)s2)C3C1=O. The maximum absolute atomic E-state index is 12.8. The van der Waals surface area contributed by atoms with E-state index in [0.29, 0.717) is 19.6 Å². The summed E-state index contributed by atoms with van der Waals surface area (Å²) in [6, 6.07) is 0. The predicted molar refractivity (Wildman–Crippen MR) is 91.7 cm³/mol. The van der Waals surface area contributed by atoms with Crippen molar-refractivity contribution in [3.63, 3.8) is 0 Å². The molecule has 134 valence electrons. The van der Waals surface area contributed by atoms with Gasteiger partial charge in [0.15, 0.2) is 0 Å². The Hall–Kier alpha value is -1.80. The summed E-state index contributed by atoms with van der Waals surface area (Å²) in [4.78, 5) is 27.4. The second-order valence-electron chi connectivity index (χ2n) is 6.82. The van der Waals surface area contributed by atoms with Crippen molar-refractivity contribution in [3.05, 3.63) is 22.2 Å². The number of nitrogens with one attached hydrogen (secondary N) is 1. The fourth-order valence-corrected chi connectivity index (χ4v) is 4.84. The van der Waals surface area contributed by atoms with Gasteiger partial charge in [-0.2, -0.15) is 0 Å². The van der Waals surface area contributed by atoms with Crippen molar-refractivity contribution in [2.45, 2.75) is 44.9 Å². The number of hydrogen-bond donors (Lipinski definition) is 1. The standard InChI is InChI=1S/C17H22N4O3S/c1-3-7-21-9-17-6-5-10(24-17)13(14(17)16(21)23)15(22)18-8-12-20-19-11(4-2)25-12/h5-6,10,13-14H,3-4,7-9H2,1-2H3,(H,18,22). The summed E-state index contributed by atoms with van der Waals surface area (Å²) < 4.78 is 6.08. The topological polar surface area (TPSA) is 84.4 Å². The first-order valence-corrected chi connectivity index (χ1v) is 9.64. The maximum atomic E-state index is 12.8. The van der Waals surface area contributed by atoms with Crippen molar-refractivity contribution in [1.29, 1.82) is 0 Å². The lowest BCUT2D eigenvalue weighted by atomic mass is 9.77. The molecule has 7 nitrogen and oxygen atoms in total. The van der Waals surface area contributed by atoms with Crippen molar-refractivity contribution in [1.82, 2.24) is 20.4 Å². The fourth-order valence-electron chi connectivity index (χ4n) is 4.12. The summed E-state index contributed by atoms with van der Waals surface area (Å²) in [5.41, 5.74) is -0.614. The average molecular weight is 362 g/mol. The van der Waals surface area contributed by atoms with E-state index in [1.54, 1.807) is 0 Å². The van der Waals surface area contributed by atoms with Crippen molar-refractivity contribution in [2.75, 3.05) is 13.1 Å². The molecule has 0 saturated carbocycles. The fraction of sp³-hybridized carbons (Fsp3) is 0.647. The van der Waals surface area contributed by atoms with Crippen molar-refractivity contribution < 1.29 is 14.3 Å². The van der Waals surface area contributed by atoms with Crippen LogP contribution in [-0.4, -0.2) is 51.7 Å². The molecule has 1 aromatic heterocycles. The number of rotatable bonds is 6. The first kappa shape index (κ1) is 16.7. The predicted octanol–water partition coefficient (Wildman–Crippen LogP) is 0.909. The summed E-state index contributed by atoms with van der Waals surface area (Å²) in [6.45, 7) is 5.67. The van der Waals surface area contributed by atoms with Crippen LogP contribution in [0.4, 0.5) is 0 Å². The minimum atomic E-state index is -0.614. The van der Waals surface area contributed by atoms with E-state index in [0.717, 1.165) is 22.9 Å². The minimum absolute atomic E-state index is 0.0398. The molecule has 2 fully saturated rings. The summed E-state index contributed by atoms with van der Waals surface area (Å²) >= 11 is 1.50. The van der Waals surface area contributed by atoms with Gasteiger partial charge in [-0.1, -0.05) is 37.3 Å². The zero-order chi connectivity index (χ0) is 17.6. The Kier molecular flexibility index (Phi) is 4.11. The minimum Gasteiger partial charge on any atom is -0.360 e. The van der Waals surface area contributed by atoms with Gasteiger partial charge in [0.05, 0.1) is 31.0 Å². The highest BCUT2D eigenvalue weighted by molar-refractivity contribution is 7.11. The van der Waals surface area contributed by atoms with Gasteiger partial charge in [0, 0.05) is 6.54 Å². The van der Waals surface area contributed by atoms with Gasteiger partial charge in [0.2, 0.25) is 11.8 Å². The van der Waals surface area contributed by atoms with E-state index in [1.807, 2.05) is 30.9 Å².